The fourth-order valence-electron chi connectivity index (χ4n) is 4.92. The van der Waals surface area contributed by atoms with Crippen LogP contribution in [0.2, 0.25) is 0 Å². The number of rotatable bonds is 2. The molecule has 4 rings (SSSR count). The second kappa shape index (κ2) is 4.31. The van der Waals surface area contributed by atoms with Crippen LogP contribution in [0.4, 0.5) is 0 Å². The molecule has 3 aliphatic rings. The highest BCUT2D eigenvalue weighted by atomic mass is 16.1. The minimum atomic E-state index is -0.137. The lowest BCUT2D eigenvalue weighted by Gasteiger charge is -2.40. The second-order valence-electron chi connectivity index (χ2n) is 6.76. The van der Waals surface area contributed by atoms with Crippen LogP contribution >= 0.6 is 0 Å². The highest BCUT2D eigenvalue weighted by Crippen LogP contribution is 2.57. The zero-order chi connectivity index (χ0) is 13.7. The molecule has 104 valence electrons. The lowest BCUT2D eigenvalue weighted by Crippen LogP contribution is -2.44. The number of hydrogen-bond acceptors (Lipinski definition) is 1. The standard InChI is InChI=1S/C19H22O/c1-2-4-14-5-3-6-17-16(14)9-10-18(20)19(17)12-13-7-8-15(19)11-13/h3,5-7,15H,2,4,8-12H2,1H3. The molecule has 1 aromatic rings. The molecule has 1 aromatic carbocycles. The van der Waals surface area contributed by atoms with Gasteiger partial charge in [-0.1, -0.05) is 43.2 Å². The first-order chi connectivity index (χ1) is 9.75. The highest BCUT2D eigenvalue weighted by molar-refractivity contribution is 5.94. The van der Waals surface area contributed by atoms with Crippen molar-refractivity contribution in [3.63, 3.8) is 0 Å². The van der Waals surface area contributed by atoms with E-state index in [4.69, 9.17) is 0 Å². The van der Waals surface area contributed by atoms with Crippen molar-refractivity contribution in [2.24, 2.45) is 5.92 Å². The molecule has 2 atom stereocenters. The predicted molar refractivity (Wildman–Crippen MR) is 80.9 cm³/mol. The Labute approximate surface area is 121 Å². The highest BCUT2D eigenvalue weighted by Gasteiger charge is 2.55. The van der Waals surface area contributed by atoms with E-state index >= 15 is 0 Å². The van der Waals surface area contributed by atoms with Gasteiger partial charge in [0, 0.05) is 6.42 Å². The largest absolute Gasteiger partial charge is 0.299 e. The predicted octanol–water partition coefficient (Wildman–Crippen LogP) is 4.13. The van der Waals surface area contributed by atoms with Gasteiger partial charge in [0.1, 0.15) is 5.78 Å². The molecule has 1 spiro atoms. The fourth-order valence-corrected chi connectivity index (χ4v) is 4.92. The number of carbonyl (C=O) groups is 1. The maximum atomic E-state index is 12.8. The Morgan fingerprint density at radius 1 is 1.30 bits per heavy atom. The lowest BCUT2D eigenvalue weighted by atomic mass is 9.61. The van der Waals surface area contributed by atoms with Crippen molar-refractivity contribution in [3.8, 4) is 0 Å². The summed E-state index contributed by atoms with van der Waals surface area (Å²) in [6.07, 6.45) is 9.76. The number of aryl methyl sites for hydroxylation is 1. The van der Waals surface area contributed by atoms with Crippen molar-refractivity contribution in [1.82, 2.24) is 0 Å². The van der Waals surface area contributed by atoms with Crippen LogP contribution < -0.4 is 0 Å². The summed E-state index contributed by atoms with van der Waals surface area (Å²) in [6, 6.07) is 6.72. The molecule has 1 fully saturated rings. The number of carbonyl (C=O) groups excluding carboxylic acids is 1. The summed E-state index contributed by atoms with van der Waals surface area (Å²) >= 11 is 0. The molecule has 0 aliphatic heterocycles. The Kier molecular flexibility index (Phi) is 2.67. The topological polar surface area (TPSA) is 17.1 Å². The molecule has 2 bridgehead atoms. The number of benzene rings is 1. The van der Waals surface area contributed by atoms with Gasteiger partial charge < -0.3 is 0 Å². The zero-order valence-corrected chi connectivity index (χ0v) is 12.2. The van der Waals surface area contributed by atoms with E-state index in [-0.39, 0.29) is 5.41 Å². The van der Waals surface area contributed by atoms with E-state index in [0.29, 0.717) is 11.7 Å². The van der Waals surface area contributed by atoms with Crippen molar-refractivity contribution < 1.29 is 4.79 Å². The molecule has 1 saturated carbocycles. The summed E-state index contributed by atoms with van der Waals surface area (Å²) in [5, 5.41) is 0. The SMILES string of the molecule is CCCc1cccc2c1CCC(=O)C21CC2=CCC1C2. The van der Waals surface area contributed by atoms with Gasteiger partial charge in [-0.05, 0) is 54.7 Å². The van der Waals surface area contributed by atoms with Gasteiger partial charge in [0.15, 0.2) is 0 Å². The molecule has 0 radical (unpaired) electrons. The van der Waals surface area contributed by atoms with Crippen LogP contribution in [-0.2, 0) is 23.1 Å². The average molecular weight is 266 g/mol. The van der Waals surface area contributed by atoms with Gasteiger partial charge in [-0.25, -0.2) is 0 Å². The summed E-state index contributed by atoms with van der Waals surface area (Å²) in [5.74, 6) is 1.08. The number of allylic oxidation sites excluding steroid dienone is 2. The van der Waals surface area contributed by atoms with Gasteiger partial charge in [-0.2, -0.15) is 0 Å². The minimum Gasteiger partial charge on any atom is -0.299 e. The third-order valence-corrected chi connectivity index (χ3v) is 5.78. The Bertz CT molecular complexity index is 610. The Morgan fingerprint density at radius 2 is 2.20 bits per heavy atom. The molecule has 1 nitrogen and oxygen atoms in total. The van der Waals surface area contributed by atoms with Crippen LogP contribution in [-0.4, -0.2) is 5.78 Å². The maximum Gasteiger partial charge on any atom is 0.144 e. The maximum absolute atomic E-state index is 12.8. The summed E-state index contributed by atoms with van der Waals surface area (Å²) in [5.41, 5.74) is 5.81. The Hall–Kier alpha value is -1.37. The molecule has 3 aliphatic carbocycles. The molecule has 0 N–H and O–H groups in total. The molecule has 0 heterocycles. The minimum absolute atomic E-state index is 0.137. The monoisotopic (exact) mass is 266 g/mol. The molecule has 0 aromatic heterocycles. The van der Waals surface area contributed by atoms with Gasteiger partial charge in [0.2, 0.25) is 0 Å². The van der Waals surface area contributed by atoms with Crippen molar-refractivity contribution in [3.05, 3.63) is 46.5 Å². The van der Waals surface area contributed by atoms with Crippen molar-refractivity contribution in [1.29, 1.82) is 0 Å². The van der Waals surface area contributed by atoms with Crippen LogP contribution in [0.3, 0.4) is 0 Å². The summed E-state index contributed by atoms with van der Waals surface area (Å²) in [6.45, 7) is 2.24. The lowest BCUT2D eigenvalue weighted by molar-refractivity contribution is -0.126. The zero-order valence-electron chi connectivity index (χ0n) is 12.2. The first kappa shape index (κ1) is 12.4. The van der Waals surface area contributed by atoms with Crippen LogP contribution in [0.1, 0.15) is 55.7 Å². The van der Waals surface area contributed by atoms with Gasteiger partial charge in [-0.15, -0.1) is 0 Å². The molecule has 0 saturated heterocycles. The molecule has 1 heteroatoms. The summed E-state index contributed by atoms with van der Waals surface area (Å²) in [4.78, 5) is 12.8. The van der Waals surface area contributed by atoms with Crippen molar-refractivity contribution >= 4 is 5.78 Å². The first-order valence-corrected chi connectivity index (χ1v) is 8.08. The molecular weight excluding hydrogens is 244 g/mol. The van der Waals surface area contributed by atoms with Gasteiger partial charge >= 0.3 is 0 Å². The summed E-state index contributed by atoms with van der Waals surface area (Å²) in [7, 11) is 0. The van der Waals surface area contributed by atoms with Crippen LogP contribution in [0.15, 0.2) is 29.8 Å². The van der Waals surface area contributed by atoms with Crippen LogP contribution in [0, 0.1) is 5.92 Å². The summed E-state index contributed by atoms with van der Waals surface area (Å²) < 4.78 is 0. The normalized spacial score (nSPS) is 30.8. The number of ketones is 1. The van der Waals surface area contributed by atoms with Crippen molar-refractivity contribution in [2.45, 2.75) is 57.3 Å². The van der Waals surface area contributed by atoms with E-state index in [2.05, 4.69) is 31.2 Å². The first-order valence-electron chi connectivity index (χ1n) is 8.08. The average Bonchev–Trinajstić information content (AvgIpc) is 3.05. The third kappa shape index (κ3) is 1.47. The smallest absolute Gasteiger partial charge is 0.144 e. The van der Waals surface area contributed by atoms with E-state index in [1.807, 2.05) is 0 Å². The second-order valence-corrected chi connectivity index (χ2v) is 6.76. The molecule has 20 heavy (non-hydrogen) atoms. The van der Waals surface area contributed by atoms with Crippen LogP contribution in [0.25, 0.3) is 0 Å². The fraction of sp³-hybridized carbons (Fsp3) is 0.526. The van der Waals surface area contributed by atoms with Gasteiger partial charge in [0.05, 0.1) is 5.41 Å². The van der Waals surface area contributed by atoms with E-state index in [1.54, 1.807) is 0 Å². The van der Waals surface area contributed by atoms with Crippen LogP contribution in [0.5, 0.6) is 0 Å². The van der Waals surface area contributed by atoms with E-state index in [1.165, 1.54) is 35.1 Å². The molecule has 0 amide bonds. The Balaban J connectivity index is 1.89. The third-order valence-electron chi connectivity index (χ3n) is 5.78. The quantitative estimate of drug-likeness (QED) is 0.735. The molecule has 2 unspecified atom stereocenters. The van der Waals surface area contributed by atoms with E-state index in [0.717, 1.165) is 32.1 Å². The number of fused-ring (bicyclic) bond motifs is 5. The van der Waals surface area contributed by atoms with Gasteiger partial charge in [0.25, 0.3) is 0 Å². The Morgan fingerprint density at radius 3 is 2.90 bits per heavy atom. The van der Waals surface area contributed by atoms with E-state index < -0.39 is 0 Å². The number of Topliss-reactive ketones (excluding diaryl/α,β-unsaturated/α-hetero) is 1. The molecular formula is C19H22O. The van der Waals surface area contributed by atoms with Gasteiger partial charge in [-0.3, -0.25) is 4.79 Å². The van der Waals surface area contributed by atoms with Crippen molar-refractivity contribution in [2.75, 3.05) is 0 Å². The number of hydrogen-bond donors (Lipinski definition) is 0. The van der Waals surface area contributed by atoms with E-state index in [9.17, 15) is 4.79 Å².